The molecule has 0 aliphatic rings. The van der Waals surface area contributed by atoms with Gasteiger partial charge < -0.3 is 0 Å². The van der Waals surface area contributed by atoms with Crippen LogP contribution < -0.4 is 0 Å². The SMILES string of the molecule is C(=Cc1ccc(C=Cc2ccc(C=Cc3cccs3)s2)s1)c1cccs1. The summed E-state index contributed by atoms with van der Waals surface area (Å²) in [7, 11) is 0. The van der Waals surface area contributed by atoms with Crippen molar-refractivity contribution in [2.75, 3.05) is 0 Å². The molecule has 26 heavy (non-hydrogen) atoms. The van der Waals surface area contributed by atoms with Crippen LogP contribution in [0.3, 0.4) is 0 Å². The Labute approximate surface area is 169 Å². The van der Waals surface area contributed by atoms with Gasteiger partial charge in [-0.15, -0.1) is 45.3 Å². The average Bonchev–Trinajstić information content (AvgIpc) is 3.46. The van der Waals surface area contributed by atoms with Crippen LogP contribution in [0.1, 0.15) is 29.3 Å². The third kappa shape index (κ3) is 4.80. The third-order valence-corrected chi connectivity index (χ3v) is 7.32. The van der Waals surface area contributed by atoms with Crippen molar-refractivity contribution in [1.82, 2.24) is 0 Å². The molecular formula is C22H16S4. The molecule has 0 aromatic carbocycles. The minimum atomic E-state index is 1.28. The average molecular weight is 409 g/mol. The normalized spacial score (nSPS) is 12.2. The first-order valence-corrected chi connectivity index (χ1v) is 11.6. The molecule has 0 aliphatic heterocycles. The van der Waals surface area contributed by atoms with Crippen LogP contribution in [0.25, 0.3) is 36.5 Å². The summed E-state index contributed by atoms with van der Waals surface area (Å²) in [6.45, 7) is 0. The summed E-state index contributed by atoms with van der Waals surface area (Å²) in [6, 6.07) is 17.2. The highest BCUT2D eigenvalue weighted by atomic mass is 32.1. The van der Waals surface area contributed by atoms with Crippen LogP contribution in [0.15, 0.2) is 59.3 Å². The summed E-state index contributed by atoms with van der Waals surface area (Å²) in [4.78, 5) is 7.70. The van der Waals surface area contributed by atoms with Gasteiger partial charge in [-0.2, -0.15) is 0 Å². The molecule has 4 aromatic rings. The van der Waals surface area contributed by atoms with Gasteiger partial charge in [-0.25, -0.2) is 0 Å². The van der Waals surface area contributed by atoms with E-state index in [4.69, 9.17) is 0 Å². The van der Waals surface area contributed by atoms with E-state index in [0.29, 0.717) is 0 Å². The Kier molecular flexibility index (Phi) is 5.77. The molecule has 0 N–H and O–H groups in total. The van der Waals surface area contributed by atoms with Gasteiger partial charge in [-0.1, -0.05) is 12.1 Å². The van der Waals surface area contributed by atoms with Crippen molar-refractivity contribution in [3.63, 3.8) is 0 Å². The van der Waals surface area contributed by atoms with Gasteiger partial charge in [-0.05, 0) is 83.6 Å². The molecule has 0 unspecified atom stereocenters. The van der Waals surface area contributed by atoms with Crippen molar-refractivity contribution in [2.24, 2.45) is 0 Å². The molecule has 128 valence electrons. The Morgan fingerprint density at radius 3 is 1.08 bits per heavy atom. The van der Waals surface area contributed by atoms with Crippen molar-refractivity contribution in [3.8, 4) is 0 Å². The first-order chi connectivity index (χ1) is 12.8. The predicted molar refractivity (Wildman–Crippen MR) is 124 cm³/mol. The molecule has 4 heteroatoms. The molecule has 0 nitrogen and oxygen atoms in total. The summed E-state index contributed by atoms with van der Waals surface area (Å²) in [5.74, 6) is 0. The summed E-state index contributed by atoms with van der Waals surface area (Å²) in [6.07, 6.45) is 13.1. The third-order valence-electron chi connectivity index (χ3n) is 3.62. The maximum atomic E-state index is 2.20. The van der Waals surface area contributed by atoms with Crippen molar-refractivity contribution < 1.29 is 0 Å². The quantitative estimate of drug-likeness (QED) is 0.300. The summed E-state index contributed by atoms with van der Waals surface area (Å²) in [5.41, 5.74) is 0. The van der Waals surface area contributed by atoms with E-state index in [0.717, 1.165) is 0 Å². The van der Waals surface area contributed by atoms with Crippen LogP contribution in [-0.2, 0) is 0 Å². The lowest BCUT2D eigenvalue weighted by atomic mass is 10.3. The number of rotatable bonds is 6. The Hall–Kier alpha value is -1.98. The molecule has 4 rings (SSSR count). The van der Waals surface area contributed by atoms with E-state index in [1.54, 1.807) is 22.7 Å². The van der Waals surface area contributed by atoms with Gasteiger partial charge >= 0.3 is 0 Å². The fourth-order valence-electron chi connectivity index (χ4n) is 2.36. The maximum Gasteiger partial charge on any atom is 0.0277 e. The lowest BCUT2D eigenvalue weighted by Gasteiger charge is -1.86. The largest absolute Gasteiger partial charge is 0.144 e. The van der Waals surface area contributed by atoms with Gasteiger partial charge in [0.05, 0.1) is 0 Å². The van der Waals surface area contributed by atoms with Gasteiger partial charge in [0.2, 0.25) is 0 Å². The minimum Gasteiger partial charge on any atom is -0.144 e. The summed E-state index contributed by atoms with van der Waals surface area (Å²) in [5, 5.41) is 4.21. The molecule has 4 heterocycles. The highest BCUT2D eigenvalue weighted by molar-refractivity contribution is 7.15. The van der Waals surface area contributed by atoms with E-state index in [9.17, 15) is 0 Å². The van der Waals surface area contributed by atoms with Crippen LogP contribution in [-0.4, -0.2) is 0 Å². The zero-order chi connectivity index (χ0) is 17.6. The molecule has 0 atom stereocenters. The highest BCUT2D eigenvalue weighted by Crippen LogP contribution is 2.25. The Bertz CT molecular complexity index is 937. The number of thiophene rings is 4. The molecule has 0 saturated carbocycles. The first kappa shape index (κ1) is 17.4. The fraction of sp³-hybridized carbons (Fsp3) is 0. The molecular weight excluding hydrogens is 393 g/mol. The molecule has 0 aliphatic carbocycles. The molecule has 0 saturated heterocycles. The number of hydrogen-bond acceptors (Lipinski definition) is 4. The Balaban J connectivity index is 1.39. The maximum absolute atomic E-state index is 2.20. The van der Waals surface area contributed by atoms with Crippen molar-refractivity contribution in [1.29, 1.82) is 0 Å². The van der Waals surface area contributed by atoms with Gasteiger partial charge in [0.15, 0.2) is 0 Å². The predicted octanol–water partition coefficient (Wildman–Crippen LogP) is 8.44. The standard InChI is InChI=1S/C22H16S4/c1-3-17(23-15-1)5-7-19-9-11-21(25-19)13-14-22-12-10-20(26-22)8-6-18-4-2-16-24-18/h1-16H. The second-order valence-electron chi connectivity index (χ2n) is 5.51. The Morgan fingerprint density at radius 1 is 0.423 bits per heavy atom. The molecule has 0 bridgehead atoms. The van der Waals surface area contributed by atoms with Gasteiger partial charge in [0, 0.05) is 29.3 Å². The monoisotopic (exact) mass is 408 g/mol. The topological polar surface area (TPSA) is 0 Å². The zero-order valence-corrected chi connectivity index (χ0v) is 17.1. The summed E-state index contributed by atoms with van der Waals surface area (Å²) >= 11 is 7.15. The fourth-order valence-corrected chi connectivity index (χ4v) is 5.23. The summed E-state index contributed by atoms with van der Waals surface area (Å²) < 4.78 is 0. The zero-order valence-electron chi connectivity index (χ0n) is 13.9. The van der Waals surface area contributed by atoms with Crippen LogP contribution in [0, 0.1) is 0 Å². The van der Waals surface area contributed by atoms with Crippen molar-refractivity contribution in [2.45, 2.75) is 0 Å². The van der Waals surface area contributed by atoms with Crippen LogP contribution in [0.4, 0.5) is 0 Å². The lowest BCUT2D eigenvalue weighted by molar-refractivity contribution is 1.90. The van der Waals surface area contributed by atoms with Crippen LogP contribution in [0.2, 0.25) is 0 Å². The van der Waals surface area contributed by atoms with E-state index >= 15 is 0 Å². The van der Waals surface area contributed by atoms with E-state index < -0.39 is 0 Å². The van der Waals surface area contributed by atoms with Crippen LogP contribution in [0.5, 0.6) is 0 Å². The van der Waals surface area contributed by atoms with E-state index in [2.05, 4.69) is 95.7 Å². The first-order valence-electron chi connectivity index (χ1n) is 8.16. The van der Waals surface area contributed by atoms with Gasteiger partial charge in [0.1, 0.15) is 0 Å². The van der Waals surface area contributed by atoms with E-state index in [1.165, 1.54) is 29.3 Å². The van der Waals surface area contributed by atoms with E-state index in [-0.39, 0.29) is 0 Å². The molecule has 0 fully saturated rings. The molecule has 0 spiro atoms. The Morgan fingerprint density at radius 2 is 0.769 bits per heavy atom. The molecule has 0 radical (unpaired) electrons. The molecule has 0 amide bonds. The van der Waals surface area contributed by atoms with Gasteiger partial charge in [-0.3, -0.25) is 0 Å². The minimum absolute atomic E-state index is 1.28. The highest BCUT2D eigenvalue weighted by Gasteiger charge is 1.97. The number of hydrogen-bond donors (Lipinski definition) is 0. The lowest BCUT2D eigenvalue weighted by Crippen LogP contribution is -1.58. The van der Waals surface area contributed by atoms with Crippen molar-refractivity contribution >= 4 is 81.8 Å². The second kappa shape index (κ2) is 8.60. The smallest absolute Gasteiger partial charge is 0.0277 e. The van der Waals surface area contributed by atoms with Crippen molar-refractivity contribution in [3.05, 3.63) is 88.6 Å². The second-order valence-corrected chi connectivity index (χ2v) is 9.76. The molecule has 4 aromatic heterocycles. The van der Waals surface area contributed by atoms with Crippen LogP contribution >= 0.6 is 45.3 Å². The van der Waals surface area contributed by atoms with Gasteiger partial charge in [0.25, 0.3) is 0 Å². The van der Waals surface area contributed by atoms with E-state index in [1.807, 2.05) is 22.7 Å².